The Morgan fingerprint density at radius 3 is 2.86 bits per heavy atom. The van der Waals surface area contributed by atoms with Crippen molar-refractivity contribution < 1.29 is 9.47 Å². The van der Waals surface area contributed by atoms with Crippen molar-refractivity contribution in [3.8, 4) is 23.8 Å². The number of nitrogens with two attached hydrogens (primary N) is 1. The number of terminal acetylenes is 1. The van der Waals surface area contributed by atoms with Crippen LogP contribution in [0.5, 0.6) is 11.5 Å². The minimum absolute atomic E-state index is 0.236. The van der Waals surface area contributed by atoms with Crippen molar-refractivity contribution in [2.24, 2.45) is 5.73 Å². The van der Waals surface area contributed by atoms with Gasteiger partial charge in [0.2, 0.25) is 0 Å². The Labute approximate surface area is 83.8 Å². The normalized spacial score (nSPS) is 9.21. The third-order valence-electron chi connectivity index (χ3n) is 1.81. The first-order valence-electron chi connectivity index (χ1n) is 4.25. The summed E-state index contributed by atoms with van der Waals surface area (Å²) in [6.45, 7) is 0.657. The average molecular weight is 191 g/mol. The average Bonchev–Trinajstić information content (AvgIpc) is 2.25. The molecule has 0 fully saturated rings. The van der Waals surface area contributed by atoms with E-state index in [1.54, 1.807) is 13.2 Å². The number of hydrogen-bond donors (Lipinski definition) is 1. The zero-order valence-electron chi connectivity index (χ0n) is 8.12. The van der Waals surface area contributed by atoms with Crippen LogP contribution in [-0.4, -0.2) is 13.7 Å². The number of benzene rings is 1. The van der Waals surface area contributed by atoms with Gasteiger partial charge in [0, 0.05) is 18.2 Å². The molecule has 0 spiro atoms. The van der Waals surface area contributed by atoms with Crippen LogP contribution in [0.3, 0.4) is 0 Å². The predicted octanol–water partition coefficient (Wildman–Crippen LogP) is 1.17. The summed E-state index contributed by atoms with van der Waals surface area (Å²) < 4.78 is 10.4. The highest BCUT2D eigenvalue weighted by atomic mass is 16.5. The van der Waals surface area contributed by atoms with Gasteiger partial charge >= 0.3 is 0 Å². The summed E-state index contributed by atoms with van der Waals surface area (Å²) in [6.07, 6.45) is 5.10. The Kier molecular flexibility index (Phi) is 3.84. The van der Waals surface area contributed by atoms with Crippen LogP contribution in [0.15, 0.2) is 18.2 Å². The molecule has 0 atom stereocenters. The second-order valence-electron chi connectivity index (χ2n) is 2.67. The molecule has 0 aliphatic carbocycles. The van der Waals surface area contributed by atoms with E-state index < -0.39 is 0 Å². The first kappa shape index (κ1) is 10.4. The zero-order chi connectivity index (χ0) is 10.4. The van der Waals surface area contributed by atoms with Crippen LogP contribution in [-0.2, 0) is 6.54 Å². The zero-order valence-corrected chi connectivity index (χ0v) is 8.12. The van der Waals surface area contributed by atoms with Gasteiger partial charge in [-0.25, -0.2) is 0 Å². The molecule has 1 aromatic carbocycles. The lowest BCUT2D eigenvalue weighted by molar-refractivity contribution is 0.359. The second kappa shape index (κ2) is 5.15. The molecule has 0 aliphatic rings. The third kappa shape index (κ3) is 2.41. The van der Waals surface area contributed by atoms with Gasteiger partial charge in [-0.05, 0) is 6.07 Å². The van der Waals surface area contributed by atoms with Crippen molar-refractivity contribution in [1.29, 1.82) is 0 Å². The van der Waals surface area contributed by atoms with Crippen molar-refractivity contribution in [3.63, 3.8) is 0 Å². The molecule has 1 rings (SSSR count). The fourth-order valence-electron chi connectivity index (χ4n) is 1.08. The molecule has 0 heterocycles. The Balaban J connectivity index is 2.91. The maximum atomic E-state index is 5.54. The van der Waals surface area contributed by atoms with E-state index in [-0.39, 0.29) is 6.61 Å². The van der Waals surface area contributed by atoms with E-state index in [4.69, 9.17) is 21.6 Å². The van der Waals surface area contributed by atoms with Crippen molar-refractivity contribution >= 4 is 0 Å². The lowest BCUT2D eigenvalue weighted by atomic mass is 10.2. The van der Waals surface area contributed by atoms with Crippen LogP contribution in [0.25, 0.3) is 0 Å². The number of methoxy groups -OCH3 is 1. The van der Waals surface area contributed by atoms with E-state index in [0.717, 1.165) is 11.3 Å². The van der Waals surface area contributed by atoms with Gasteiger partial charge in [0.05, 0.1) is 7.11 Å². The van der Waals surface area contributed by atoms with Crippen LogP contribution in [0, 0.1) is 12.3 Å². The molecule has 0 unspecified atom stereocenters. The number of rotatable bonds is 4. The molecule has 3 heteroatoms. The quantitative estimate of drug-likeness (QED) is 0.726. The molecule has 74 valence electrons. The molecule has 0 radical (unpaired) electrons. The van der Waals surface area contributed by atoms with Crippen molar-refractivity contribution in [2.45, 2.75) is 6.54 Å². The topological polar surface area (TPSA) is 44.5 Å². The molecule has 0 saturated heterocycles. The fraction of sp³-hybridized carbons (Fsp3) is 0.273. The molecule has 2 N–H and O–H groups in total. The highest BCUT2D eigenvalue weighted by Crippen LogP contribution is 2.24. The molecular formula is C11H13NO2. The fourth-order valence-corrected chi connectivity index (χ4v) is 1.08. The van der Waals surface area contributed by atoms with Crippen LogP contribution < -0.4 is 15.2 Å². The Morgan fingerprint density at radius 2 is 2.29 bits per heavy atom. The monoisotopic (exact) mass is 191 g/mol. The molecular weight excluding hydrogens is 178 g/mol. The summed E-state index contributed by atoms with van der Waals surface area (Å²) in [5.41, 5.74) is 6.46. The van der Waals surface area contributed by atoms with Crippen LogP contribution >= 0.6 is 0 Å². The molecule has 14 heavy (non-hydrogen) atoms. The maximum absolute atomic E-state index is 5.54. The van der Waals surface area contributed by atoms with Crippen LogP contribution in [0.4, 0.5) is 0 Å². The lowest BCUT2D eigenvalue weighted by Crippen LogP contribution is -2.02. The Hall–Kier alpha value is -1.66. The second-order valence-corrected chi connectivity index (χ2v) is 2.67. The van der Waals surface area contributed by atoms with Crippen molar-refractivity contribution in [3.05, 3.63) is 23.8 Å². The van der Waals surface area contributed by atoms with E-state index in [0.29, 0.717) is 12.3 Å². The lowest BCUT2D eigenvalue weighted by Gasteiger charge is -2.09. The SMILES string of the molecule is C#CCOc1cc(OC)ccc1CN. The first-order chi connectivity index (χ1) is 6.81. The van der Waals surface area contributed by atoms with Gasteiger partial charge in [-0.2, -0.15) is 0 Å². The summed E-state index contributed by atoms with van der Waals surface area (Å²) in [6, 6.07) is 5.48. The molecule has 0 amide bonds. The molecule has 1 aromatic rings. The van der Waals surface area contributed by atoms with Crippen LogP contribution in [0.2, 0.25) is 0 Å². The van der Waals surface area contributed by atoms with E-state index in [1.165, 1.54) is 0 Å². The molecule has 0 aliphatic heterocycles. The first-order valence-corrected chi connectivity index (χ1v) is 4.25. The minimum atomic E-state index is 0.236. The Bertz CT molecular complexity index is 342. The van der Waals surface area contributed by atoms with Gasteiger partial charge in [-0.1, -0.05) is 12.0 Å². The summed E-state index contributed by atoms with van der Waals surface area (Å²) in [5, 5.41) is 0. The van der Waals surface area contributed by atoms with E-state index >= 15 is 0 Å². The van der Waals surface area contributed by atoms with Crippen molar-refractivity contribution in [2.75, 3.05) is 13.7 Å². The predicted molar refractivity (Wildman–Crippen MR) is 55.2 cm³/mol. The van der Waals surface area contributed by atoms with Crippen molar-refractivity contribution in [1.82, 2.24) is 0 Å². The highest BCUT2D eigenvalue weighted by Gasteiger charge is 2.03. The standard InChI is InChI=1S/C11H13NO2/c1-3-6-14-11-7-10(13-2)5-4-9(11)8-12/h1,4-5,7H,6,8,12H2,2H3. The third-order valence-corrected chi connectivity index (χ3v) is 1.81. The van der Waals surface area contributed by atoms with Gasteiger partial charge < -0.3 is 15.2 Å². The largest absolute Gasteiger partial charge is 0.497 e. The van der Waals surface area contributed by atoms with E-state index in [1.807, 2.05) is 12.1 Å². The highest BCUT2D eigenvalue weighted by molar-refractivity contribution is 5.40. The van der Waals surface area contributed by atoms with E-state index in [2.05, 4.69) is 5.92 Å². The minimum Gasteiger partial charge on any atom is -0.497 e. The van der Waals surface area contributed by atoms with Gasteiger partial charge in [0.15, 0.2) is 0 Å². The molecule has 0 saturated carbocycles. The summed E-state index contributed by atoms with van der Waals surface area (Å²) in [7, 11) is 1.60. The van der Waals surface area contributed by atoms with Crippen LogP contribution in [0.1, 0.15) is 5.56 Å². The Morgan fingerprint density at radius 1 is 1.50 bits per heavy atom. The van der Waals surface area contributed by atoms with Gasteiger partial charge in [-0.3, -0.25) is 0 Å². The molecule has 3 nitrogen and oxygen atoms in total. The molecule has 0 bridgehead atoms. The number of hydrogen-bond acceptors (Lipinski definition) is 3. The maximum Gasteiger partial charge on any atom is 0.148 e. The smallest absolute Gasteiger partial charge is 0.148 e. The molecule has 0 aromatic heterocycles. The van der Waals surface area contributed by atoms with E-state index in [9.17, 15) is 0 Å². The summed E-state index contributed by atoms with van der Waals surface area (Å²) in [4.78, 5) is 0. The van der Waals surface area contributed by atoms with Gasteiger partial charge in [0.1, 0.15) is 18.1 Å². The number of ether oxygens (including phenoxy) is 2. The van der Waals surface area contributed by atoms with Gasteiger partial charge in [0.25, 0.3) is 0 Å². The van der Waals surface area contributed by atoms with Gasteiger partial charge in [-0.15, -0.1) is 6.42 Å². The summed E-state index contributed by atoms with van der Waals surface area (Å²) in [5.74, 6) is 3.82. The summed E-state index contributed by atoms with van der Waals surface area (Å²) >= 11 is 0.